The lowest BCUT2D eigenvalue weighted by atomic mass is 10.1. The molecule has 0 aliphatic carbocycles. The maximum absolute atomic E-state index is 10.8. The first kappa shape index (κ1) is 9.72. The van der Waals surface area contributed by atoms with Gasteiger partial charge in [0.2, 0.25) is 0 Å². The fourth-order valence-corrected chi connectivity index (χ4v) is 3.04. The van der Waals surface area contributed by atoms with Crippen molar-refractivity contribution in [3.63, 3.8) is 0 Å². The summed E-state index contributed by atoms with van der Waals surface area (Å²) in [4.78, 5) is 0. The van der Waals surface area contributed by atoms with E-state index in [4.69, 9.17) is 12.5 Å². The molecule has 2 aliphatic rings. The standard InChI is InChI=1S/C6H10O5S2/c7-12-2-1-5(10-12)3-6-4-9-13(8)11-6/h5-6H,1-4H2. The first-order valence-electron chi connectivity index (χ1n) is 4.02. The normalized spacial score (nSPS) is 45.5. The molecule has 0 N–H and O–H groups in total. The highest BCUT2D eigenvalue weighted by molar-refractivity contribution is 7.80. The zero-order valence-electron chi connectivity index (χ0n) is 6.84. The summed E-state index contributed by atoms with van der Waals surface area (Å²) in [7, 11) is 0. The van der Waals surface area contributed by atoms with E-state index in [1.807, 2.05) is 0 Å². The van der Waals surface area contributed by atoms with Crippen LogP contribution in [0, 0.1) is 0 Å². The minimum atomic E-state index is -1.59. The Kier molecular flexibility index (Phi) is 3.10. The van der Waals surface area contributed by atoms with E-state index in [2.05, 4.69) is 0 Å². The van der Waals surface area contributed by atoms with Gasteiger partial charge in [-0.3, -0.25) is 12.5 Å². The number of rotatable bonds is 2. The number of hydrogen-bond donors (Lipinski definition) is 0. The Morgan fingerprint density at radius 3 is 2.62 bits per heavy atom. The molecule has 0 bridgehead atoms. The lowest BCUT2D eigenvalue weighted by Crippen LogP contribution is -2.18. The quantitative estimate of drug-likeness (QED) is 0.654. The second-order valence-electron chi connectivity index (χ2n) is 2.96. The highest BCUT2D eigenvalue weighted by atomic mass is 32.2. The van der Waals surface area contributed by atoms with Crippen molar-refractivity contribution in [2.24, 2.45) is 0 Å². The van der Waals surface area contributed by atoms with Crippen LogP contribution in [0.4, 0.5) is 0 Å². The Morgan fingerprint density at radius 1 is 1.23 bits per heavy atom. The molecular formula is C6H10O5S2. The largest absolute Gasteiger partial charge is 0.305 e. The molecule has 2 fully saturated rings. The summed E-state index contributed by atoms with van der Waals surface area (Å²) in [5, 5.41) is 0. The van der Waals surface area contributed by atoms with Gasteiger partial charge in [0.25, 0.3) is 0 Å². The molecule has 5 nitrogen and oxygen atoms in total. The third kappa shape index (κ3) is 2.57. The maximum atomic E-state index is 10.8. The van der Waals surface area contributed by atoms with E-state index in [0.29, 0.717) is 18.8 Å². The maximum Gasteiger partial charge on any atom is 0.305 e. The van der Waals surface area contributed by atoms with Crippen molar-refractivity contribution in [2.75, 3.05) is 12.4 Å². The Labute approximate surface area is 81.3 Å². The minimum Gasteiger partial charge on any atom is -0.287 e. The molecule has 0 aromatic rings. The van der Waals surface area contributed by atoms with Crippen molar-refractivity contribution in [1.29, 1.82) is 0 Å². The Balaban J connectivity index is 1.78. The van der Waals surface area contributed by atoms with E-state index in [1.54, 1.807) is 0 Å². The van der Waals surface area contributed by atoms with Gasteiger partial charge in [0.15, 0.2) is 11.1 Å². The lowest BCUT2D eigenvalue weighted by molar-refractivity contribution is 0.146. The van der Waals surface area contributed by atoms with Crippen molar-refractivity contribution in [1.82, 2.24) is 0 Å². The van der Waals surface area contributed by atoms with E-state index >= 15 is 0 Å². The summed E-state index contributed by atoms with van der Waals surface area (Å²) in [6.07, 6.45) is 1.17. The highest BCUT2D eigenvalue weighted by Gasteiger charge is 2.30. The molecular weight excluding hydrogens is 216 g/mol. The predicted octanol–water partition coefficient (Wildman–Crippen LogP) is -0.177. The average molecular weight is 226 g/mol. The monoisotopic (exact) mass is 226 g/mol. The van der Waals surface area contributed by atoms with Gasteiger partial charge in [-0.05, 0) is 6.42 Å². The van der Waals surface area contributed by atoms with Gasteiger partial charge in [0, 0.05) is 6.42 Å². The van der Waals surface area contributed by atoms with E-state index in [-0.39, 0.29) is 12.2 Å². The molecule has 0 radical (unpaired) electrons. The van der Waals surface area contributed by atoms with Crippen LogP contribution in [0.1, 0.15) is 12.8 Å². The summed E-state index contributed by atoms with van der Waals surface area (Å²) in [6.45, 7) is 0.332. The zero-order valence-corrected chi connectivity index (χ0v) is 8.47. The molecule has 0 saturated carbocycles. The van der Waals surface area contributed by atoms with Crippen LogP contribution in [-0.2, 0) is 35.0 Å². The van der Waals surface area contributed by atoms with Crippen molar-refractivity contribution < 1.29 is 21.0 Å². The smallest absolute Gasteiger partial charge is 0.287 e. The molecule has 76 valence electrons. The van der Waals surface area contributed by atoms with Gasteiger partial charge in [0.1, 0.15) is 6.10 Å². The first-order chi connectivity index (χ1) is 6.24. The molecule has 0 spiro atoms. The van der Waals surface area contributed by atoms with Crippen molar-refractivity contribution in [3.8, 4) is 0 Å². The Morgan fingerprint density at radius 2 is 2.08 bits per heavy atom. The summed E-state index contributed by atoms with van der Waals surface area (Å²) in [5.41, 5.74) is 0. The van der Waals surface area contributed by atoms with Gasteiger partial charge >= 0.3 is 11.4 Å². The minimum absolute atomic E-state index is 0.0375. The first-order valence-corrected chi connectivity index (χ1v) is 6.26. The van der Waals surface area contributed by atoms with Gasteiger partial charge in [0.05, 0.1) is 18.5 Å². The van der Waals surface area contributed by atoms with Crippen LogP contribution >= 0.6 is 0 Å². The zero-order chi connectivity index (χ0) is 9.26. The summed E-state index contributed by atoms with van der Waals surface area (Å²) >= 11 is -2.73. The third-order valence-corrected chi connectivity index (χ3v) is 3.75. The second-order valence-corrected chi connectivity index (χ2v) is 5.00. The topological polar surface area (TPSA) is 61.8 Å². The molecule has 4 atom stereocenters. The van der Waals surface area contributed by atoms with Gasteiger partial charge < -0.3 is 0 Å². The van der Waals surface area contributed by atoms with Crippen molar-refractivity contribution in [3.05, 3.63) is 0 Å². The van der Waals surface area contributed by atoms with E-state index in [1.165, 1.54) is 0 Å². The molecule has 0 aromatic carbocycles. The van der Waals surface area contributed by atoms with Crippen LogP contribution < -0.4 is 0 Å². The molecule has 13 heavy (non-hydrogen) atoms. The molecule has 2 heterocycles. The fourth-order valence-electron chi connectivity index (χ4n) is 1.33. The SMILES string of the molecule is O=S1CCC(CC2COS(=O)O2)O1. The van der Waals surface area contributed by atoms with E-state index in [9.17, 15) is 8.42 Å². The second kappa shape index (κ2) is 4.14. The molecule has 2 rings (SSSR count). The molecule has 2 aliphatic heterocycles. The van der Waals surface area contributed by atoms with Crippen molar-refractivity contribution in [2.45, 2.75) is 25.0 Å². The van der Waals surface area contributed by atoms with Gasteiger partial charge in [-0.2, -0.15) is 4.21 Å². The molecule has 2 saturated heterocycles. The van der Waals surface area contributed by atoms with Crippen LogP contribution in [0.25, 0.3) is 0 Å². The van der Waals surface area contributed by atoms with Crippen LogP contribution in [0.5, 0.6) is 0 Å². The summed E-state index contributed by atoms with van der Waals surface area (Å²) < 4.78 is 36.3. The fraction of sp³-hybridized carbons (Fsp3) is 1.00. The molecule has 0 aromatic heterocycles. The Hall–Kier alpha value is 0.180. The van der Waals surface area contributed by atoms with Gasteiger partial charge in [-0.25, -0.2) is 4.21 Å². The highest BCUT2D eigenvalue weighted by Crippen LogP contribution is 2.21. The van der Waals surface area contributed by atoms with E-state index < -0.39 is 22.4 Å². The average Bonchev–Trinajstić information content (AvgIpc) is 2.62. The van der Waals surface area contributed by atoms with Crippen molar-refractivity contribution >= 4 is 22.4 Å². The lowest BCUT2D eigenvalue weighted by Gasteiger charge is -2.09. The predicted molar refractivity (Wildman–Crippen MR) is 46.1 cm³/mol. The number of hydrogen-bond acceptors (Lipinski definition) is 5. The summed E-state index contributed by atoms with van der Waals surface area (Å²) in [5.74, 6) is 0.585. The van der Waals surface area contributed by atoms with Crippen LogP contribution in [0.15, 0.2) is 0 Å². The molecule has 4 unspecified atom stereocenters. The van der Waals surface area contributed by atoms with Crippen LogP contribution in [0.2, 0.25) is 0 Å². The summed E-state index contributed by atoms with van der Waals surface area (Å²) in [6, 6.07) is 0. The van der Waals surface area contributed by atoms with Crippen LogP contribution in [0.3, 0.4) is 0 Å². The molecule has 7 heteroatoms. The van der Waals surface area contributed by atoms with Gasteiger partial charge in [-0.1, -0.05) is 0 Å². The van der Waals surface area contributed by atoms with E-state index in [0.717, 1.165) is 6.42 Å². The van der Waals surface area contributed by atoms with Crippen LogP contribution in [-0.4, -0.2) is 33.0 Å². The third-order valence-electron chi connectivity index (χ3n) is 1.94. The Bertz CT molecular complexity index is 219. The van der Waals surface area contributed by atoms with Gasteiger partial charge in [-0.15, -0.1) is 0 Å². The molecule has 0 amide bonds.